The number of benzene rings is 2. The van der Waals surface area contributed by atoms with E-state index in [9.17, 15) is 9.59 Å². The Morgan fingerprint density at radius 3 is 2.32 bits per heavy atom. The van der Waals surface area contributed by atoms with Crippen LogP contribution >= 0.6 is 11.6 Å². The maximum atomic E-state index is 13.4. The normalized spacial score (nSPS) is 11.1. The molecular weight excluding hydrogens is 374 g/mol. The van der Waals surface area contributed by atoms with Gasteiger partial charge >= 0.3 is 5.69 Å². The van der Waals surface area contributed by atoms with Gasteiger partial charge in [-0.15, -0.1) is 0 Å². The molecule has 0 aliphatic carbocycles. The van der Waals surface area contributed by atoms with Crippen molar-refractivity contribution in [2.45, 2.75) is 20.4 Å². The van der Waals surface area contributed by atoms with E-state index in [4.69, 9.17) is 11.6 Å². The van der Waals surface area contributed by atoms with Gasteiger partial charge in [0.1, 0.15) is 0 Å². The predicted molar refractivity (Wildman–Crippen MR) is 112 cm³/mol. The van der Waals surface area contributed by atoms with Crippen LogP contribution in [0.15, 0.2) is 70.3 Å². The summed E-state index contributed by atoms with van der Waals surface area (Å²) in [4.78, 5) is 31.1. The first-order valence-electron chi connectivity index (χ1n) is 8.89. The number of aryl methyl sites for hydroxylation is 2. The van der Waals surface area contributed by atoms with Gasteiger partial charge in [-0.3, -0.25) is 9.36 Å². The number of fused-ring (bicyclic) bond motifs is 1. The van der Waals surface area contributed by atoms with E-state index in [1.54, 1.807) is 12.1 Å². The molecule has 0 spiro atoms. The first-order valence-corrected chi connectivity index (χ1v) is 9.27. The van der Waals surface area contributed by atoms with E-state index in [0.29, 0.717) is 21.7 Å². The van der Waals surface area contributed by atoms with Crippen LogP contribution in [0.4, 0.5) is 0 Å². The molecule has 2 aromatic carbocycles. The third-order valence-corrected chi connectivity index (χ3v) is 4.94. The van der Waals surface area contributed by atoms with Crippen LogP contribution < -0.4 is 11.2 Å². The molecule has 140 valence electrons. The Hall–Kier alpha value is -3.18. The van der Waals surface area contributed by atoms with Crippen molar-refractivity contribution in [3.63, 3.8) is 0 Å². The molecule has 0 aliphatic rings. The van der Waals surface area contributed by atoms with Crippen LogP contribution in [0.1, 0.15) is 16.8 Å². The van der Waals surface area contributed by atoms with Crippen molar-refractivity contribution in [1.82, 2.24) is 14.1 Å². The summed E-state index contributed by atoms with van der Waals surface area (Å²) in [6.45, 7) is 3.88. The highest BCUT2D eigenvalue weighted by Crippen LogP contribution is 2.17. The summed E-state index contributed by atoms with van der Waals surface area (Å²) in [5.74, 6) is 0. The minimum atomic E-state index is -0.420. The molecule has 0 saturated carbocycles. The van der Waals surface area contributed by atoms with Gasteiger partial charge in [0.2, 0.25) is 0 Å². The highest BCUT2D eigenvalue weighted by molar-refractivity contribution is 6.30. The summed E-state index contributed by atoms with van der Waals surface area (Å²) in [6, 6.07) is 18.2. The van der Waals surface area contributed by atoms with E-state index >= 15 is 0 Å². The summed E-state index contributed by atoms with van der Waals surface area (Å²) >= 11 is 5.95. The van der Waals surface area contributed by atoms with Gasteiger partial charge in [0.05, 0.1) is 17.6 Å². The average molecular weight is 392 g/mol. The maximum absolute atomic E-state index is 13.4. The first kappa shape index (κ1) is 18.2. The molecule has 0 unspecified atom stereocenters. The topological polar surface area (TPSA) is 56.9 Å². The molecule has 0 radical (unpaired) electrons. The molecule has 0 saturated heterocycles. The van der Waals surface area contributed by atoms with Gasteiger partial charge in [0.25, 0.3) is 5.56 Å². The number of halogens is 1. The Morgan fingerprint density at radius 1 is 0.964 bits per heavy atom. The van der Waals surface area contributed by atoms with Crippen LogP contribution in [0.25, 0.3) is 16.7 Å². The highest BCUT2D eigenvalue weighted by atomic mass is 35.5. The standard InChI is InChI=1S/C22H18ClN3O2/c1-14-12-15(2)24-20-19(14)21(27)25(13-16-8-10-17(23)11-9-16)22(28)26(20)18-6-4-3-5-7-18/h3-12H,13H2,1-2H3. The first-order chi connectivity index (χ1) is 13.5. The van der Waals surface area contributed by atoms with Crippen LogP contribution in [-0.2, 0) is 6.54 Å². The van der Waals surface area contributed by atoms with E-state index < -0.39 is 5.69 Å². The molecule has 0 atom stereocenters. The summed E-state index contributed by atoms with van der Waals surface area (Å²) in [6.07, 6.45) is 0. The number of pyridine rings is 1. The Kier molecular flexibility index (Phi) is 4.61. The quantitative estimate of drug-likeness (QED) is 0.532. The van der Waals surface area contributed by atoms with E-state index in [1.807, 2.05) is 62.4 Å². The summed E-state index contributed by atoms with van der Waals surface area (Å²) < 4.78 is 2.76. The lowest BCUT2D eigenvalue weighted by Gasteiger charge is -2.15. The molecule has 4 aromatic rings. The lowest BCUT2D eigenvalue weighted by atomic mass is 10.1. The summed E-state index contributed by atoms with van der Waals surface area (Å²) in [7, 11) is 0. The Balaban J connectivity index is 2.07. The minimum Gasteiger partial charge on any atom is -0.268 e. The molecule has 0 bridgehead atoms. The lowest BCUT2D eigenvalue weighted by molar-refractivity contribution is 0.682. The molecule has 2 aromatic heterocycles. The Morgan fingerprint density at radius 2 is 1.64 bits per heavy atom. The number of aromatic nitrogens is 3. The highest BCUT2D eigenvalue weighted by Gasteiger charge is 2.18. The zero-order chi connectivity index (χ0) is 19.8. The van der Waals surface area contributed by atoms with Crippen molar-refractivity contribution in [3.8, 4) is 5.69 Å². The number of nitrogens with zero attached hydrogens (tertiary/aromatic N) is 3. The fourth-order valence-electron chi connectivity index (χ4n) is 3.40. The second-order valence-electron chi connectivity index (χ2n) is 6.75. The molecule has 28 heavy (non-hydrogen) atoms. The predicted octanol–water partition coefficient (Wildman–Crippen LogP) is 3.87. The molecule has 4 rings (SSSR count). The van der Waals surface area contributed by atoms with Gasteiger partial charge < -0.3 is 0 Å². The van der Waals surface area contributed by atoms with Crippen LogP contribution in [-0.4, -0.2) is 14.1 Å². The van der Waals surface area contributed by atoms with Gasteiger partial charge in [-0.2, -0.15) is 0 Å². The fraction of sp³-hybridized carbons (Fsp3) is 0.136. The van der Waals surface area contributed by atoms with Crippen LogP contribution in [0.5, 0.6) is 0 Å². The summed E-state index contributed by atoms with van der Waals surface area (Å²) in [5.41, 5.74) is 2.65. The van der Waals surface area contributed by atoms with Gasteiger partial charge in [0, 0.05) is 10.7 Å². The second kappa shape index (κ2) is 7.09. The van der Waals surface area contributed by atoms with E-state index in [-0.39, 0.29) is 12.1 Å². The summed E-state index contributed by atoms with van der Waals surface area (Å²) in [5, 5.41) is 1.05. The molecule has 0 amide bonds. The van der Waals surface area contributed by atoms with E-state index in [2.05, 4.69) is 4.98 Å². The number of para-hydroxylation sites is 1. The zero-order valence-electron chi connectivity index (χ0n) is 15.5. The lowest BCUT2D eigenvalue weighted by Crippen LogP contribution is -2.40. The minimum absolute atomic E-state index is 0.158. The molecule has 0 N–H and O–H groups in total. The van der Waals surface area contributed by atoms with Crippen LogP contribution in [0, 0.1) is 13.8 Å². The van der Waals surface area contributed by atoms with Gasteiger partial charge in [-0.25, -0.2) is 14.3 Å². The third kappa shape index (κ3) is 3.14. The SMILES string of the molecule is Cc1cc(C)c2c(=O)n(Cc3ccc(Cl)cc3)c(=O)n(-c3ccccc3)c2n1. The Labute approximate surface area is 166 Å². The van der Waals surface area contributed by atoms with Gasteiger partial charge in [-0.1, -0.05) is 41.9 Å². The smallest absolute Gasteiger partial charge is 0.268 e. The molecule has 0 fully saturated rings. The van der Waals surface area contributed by atoms with Crippen LogP contribution in [0.2, 0.25) is 5.02 Å². The van der Waals surface area contributed by atoms with Gasteiger partial charge in [0.15, 0.2) is 5.65 Å². The van der Waals surface area contributed by atoms with Crippen molar-refractivity contribution in [2.75, 3.05) is 0 Å². The molecule has 6 heteroatoms. The molecule has 5 nitrogen and oxygen atoms in total. The van der Waals surface area contributed by atoms with Crippen molar-refractivity contribution in [1.29, 1.82) is 0 Å². The van der Waals surface area contributed by atoms with Crippen molar-refractivity contribution < 1.29 is 0 Å². The van der Waals surface area contributed by atoms with Crippen molar-refractivity contribution >= 4 is 22.6 Å². The molecule has 0 aliphatic heterocycles. The average Bonchev–Trinajstić information content (AvgIpc) is 2.67. The third-order valence-electron chi connectivity index (χ3n) is 4.69. The number of hydrogen-bond acceptors (Lipinski definition) is 3. The second-order valence-corrected chi connectivity index (χ2v) is 7.19. The fourth-order valence-corrected chi connectivity index (χ4v) is 3.52. The van der Waals surface area contributed by atoms with Crippen molar-refractivity contribution in [3.05, 3.63) is 103 Å². The van der Waals surface area contributed by atoms with Gasteiger partial charge in [-0.05, 0) is 55.3 Å². The van der Waals surface area contributed by atoms with E-state index in [1.165, 1.54) is 9.13 Å². The number of hydrogen-bond donors (Lipinski definition) is 0. The van der Waals surface area contributed by atoms with Crippen molar-refractivity contribution in [2.24, 2.45) is 0 Å². The monoisotopic (exact) mass is 391 g/mol. The number of rotatable bonds is 3. The van der Waals surface area contributed by atoms with E-state index in [0.717, 1.165) is 16.8 Å². The zero-order valence-corrected chi connectivity index (χ0v) is 16.3. The maximum Gasteiger partial charge on any atom is 0.337 e. The largest absolute Gasteiger partial charge is 0.337 e. The Bertz CT molecular complexity index is 1290. The molecule has 2 heterocycles. The van der Waals surface area contributed by atoms with Crippen LogP contribution in [0.3, 0.4) is 0 Å². The molecular formula is C22H18ClN3O2.